The number of carbonyl (C=O) groups excluding carboxylic acids is 1. The lowest BCUT2D eigenvalue weighted by Gasteiger charge is -2.14. The fourth-order valence-corrected chi connectivity index (χ4v) is 3.89. The molecule has 4 heteroatoms. The molecule has 138 valence electrons. The number of benzene rings is 2. The van der Waals surface area contributed by atoms with Crippen molar-refractivity contribution in [3.63, 3.8) is 0 Å². The van der Waals surface area contributed by atoms with Crippen LogP contribution in [-0.2, 0) is 16.0 Å². The van der Waals surface area contributed by atoms with E-state index in [-0.39, 0.29) is 5.97 Å². The van der Waals surface area contributed by atoms with Gasteiger partial charge in [-0.25, -0.2) is 4.79 Å². The van der Waals surface area contributed by atoms with Crippen LogP contribution in [0.4, 0.5) is 0 Å². The van der Waals surface area contributed by atoms with Crippen LogP contribution in [0.1, 0.15) is 18.9 Å². The van der Waals surface area contributed by atoms with Crippen molar-refractivity contribution in [1.82, 2.24) is 10.2 Å². The fraction of sp³-hybridized carbons (Fsp3) is 0.261. The predicted molar refractivity (Wildman–Crippen MR) is 107 cm³/mol. The smallest absolute Gasteiger partial charge is 0.332 e. The molecular formula is C23H24N2O2. The molecule has 0 aromatic heterocycles. The molecule has 2 heterocycles. The van der Waals surface area contributed by atoms with E-state index in [1.54, 1.807) is 6.08 Å². The van der Waals surface area contributed by atoms with Gasteiger partial charge in [0.1, 0.15) is 5.82 Å². The summed E-state index contributed by atoms with van der Waals surface area (Å²) in [5, 5.41) is 3.50. The third-order valence-corrected chi connectivity index (χ3v) is 5.05. The highest BCUT2D eigenvalue weighted by Gasteiger charge is 2.31. The van der Waals surface area contributed by atoms with Gasteiger partial charge in [-0.2, -0.15) is 0 Å². The summed E-state index contributed by atoms with van der Waals surface area (Å²) < 4.78 is 5.10. The van der Waals surface area contributed by atoms with Gasteiger partial charge in [0.2, 0.25) is 0 Å². The molecule has 0 aliphatic carbocycles. The monoisotopic (exact) mass is 360 g/mol. The van der Waals surface area contributed by atoms with Gasteiger partial charge in [-0.1, -0.05) is 54.6 Å². The Bertz CT molecular complexity index is 900. The Hall–Kier alpha value is -3.01. The van der Waals surface area contributed by atoms with Crippen LogP contribution in [0.25, 0.3) is 11.1 Å². The summed E-state index contributed by atoms with van der Waals surface area (Å²) in [5.41, 5.74) is 6.15. The zero-order valence-corrected chi connectivity index (χ0v) is 15.6. The normalized spacial score (nSPS) is 17.2. The summed E-state index contributed by atoms with van der Waals surface area (Å²) in [6.07, 6.45) is 3.29. The Labute approximate surface area is 160 Å². The van der Waals surface area contributed by atoms with Gasteiger partial charge in [0.05, 0.1) is 6.61 Å². The summed E-state index contributed by atoms with van der Waals surface area (Å²) in [5.74, 6) is 0.901. The van der Waals surface area contributed by atoms with E-state index < -0.39 is 0 Å². The van der Waals surface area contributed by atoms with Crippen molar-refractivity contribution in [2.45, 2.75) is 19.8 Å². The van der Waals surface area contributed by atoms with Crippen LogP contribution < -0.4 is 5.32 Å². The SMILES string of the molecule is CCOC(=O)/C=C1/CC(Cc2ccccc2-c2ccccc2)=C2NCCN21. The first-order valence-electron chi connectivity index (χ1n) is 9.50. The zero-order valence-electron chi connectivity index (χ0n) is 15.6. The number of hydrogen-bond acceptors (Lipinski definition) is 4. The Kier molecular flexibility index (Phi) is 4.97. The molecule has 0 saturated carbocycles. The van der Waals surface area contributed by atoms with Crippen LogP contribution in [0.3, 0.4) is 0 Å². The molecule has 4 rings (SSSR count). The number of allylic oxidation sites excluding steroid dienone is 1. The highest BCUT2D eigenvalue weighted by atomic mass is 16.5. The van der Waals surface area contributed by atoms with E-state index in [1.807, 2.05) is 13.0 Å². The van der Waals surface area contributed by atoms with Gasteiger partial charge < -0.3 is 15.0 Å². The minimum absolute atomic E-state index is 0.260. The van der Waals surface area contributed by atoms with Crippen molar-refractivity contribution in [2.75, 3.05) is 19.7 Å². The lowest BCUT2D eigenvalue weighted by Crippen LogP contribution is -2.16. The van der Waals surface area contributed by atoms with E-state index >= 15 is 0 Å². The Morgan fingerprint density at radius 3 is 2.74 bits per heavy atom. The molecule has 0 unspecified atom stereocenters. The number of ether oxygens (including phenoxy) is 1. The van der Waals surface area contributed by atoms with Crippen molar-refractivity contribution in [3.05, 3.63) is 83.3 Å². The summed E-state index contributed by atoms with van der Waals surface area (Å²) in [6, 6.07) is 19.0. The summed E-state index contributed by atoms with van der Waals surface area (Å²) in [7, 11) is 0. The number of rotatable bonds is 5. The molecule has 1 saturated heterocycles. The first-order chi connectivity index (χ1) is 13.3. The molecule has 0 radical (unpaired) electrons. The summed E-state index contributed by atoms with van der Waals surface area (Å²) in [6.45, 7) is 4.03. The third-order valence-electron chi connectivity index (χ3n) is 5.05. The molecule has 0 amide bonds. The van der Waals surface area contributed by atoms with E-state index in [0.29, 0.717) is 6.61 Å². The number of carbonyl (C=O) groups is 1. The third kappa shape index (κ3) is 3.61. The van der Waals surface area contributed by atoms with Crippen LogP contribution in [0, 0.1) is 0 Å². The van der Waals surface area contributed by atoms with E-state index in [9.17, 15) is 4.79 Å². The van der Waals surface area contributed by atoms with Gasteiger partial charge in [0.25, 0.3) is 0 Å². The van der Waals surface area contributed by atoms with Gasteiger partial charge >= 0.3 is 5.97 Å². The molecule has 2 aromatic rings. The van der Waals surface area contributed by atoms with E-state index in [1.165, 1.54) is 22.3 Å². The molecule has 2 aromatic carbocycles. The second-order valence-electron chi connectivity index (χ2n) is 6.80. The molecule has 2 aliphatic heterocycles. The Morgan fingerprint density at radius 2 is 1.93 bits per heavy atom. The topological polar surface area (TPSA) is 41.6 Å². The second kappa shape index (κ2) is 7.70. The van der Waals surface area contributed by atoms with E-state index in [0.717, 1.165) is 37.4 Å². The van der Waals surface area contributed by atoms with Crippen molar-refractivity contribution in [2.24, 2.45) is 0 Å². The van der Waals surface area contributed by atoms with Crippen LogP contribution in [-0.4, -0.2) is 30.6 Å². The molecule has 27 heavy (non-hydrogen) atoms. The highest BCUT2D eigenvalue weighted by Crippen LogP contribution is 2.36. The lowest BCUT2D eigenvalue weighted by atomic mass is 9.94. The number of esters is 1. The first kappa shape index (κ1) is 17.4. The minimum Gasteiger partial charge on any atom is -0.463 e. The predicted octanol–water partition coefficient (Wildman–Crippen LogP) is 3.86. The van der Waals surface area contributed by atoms with Crippen molar-refractivity contribution < 1.29 is 9.53 Å². The standard InChI is InChI=1S/C23H24N2O2/c1-2-27-22(26)16-20-15-19(23-24-12-13-25(20)23)14-18-10-6-7-11-21(18)17-8-4-3-5-9-17/h3-11,16,24H,2,12-15H2,1H3/b20-16-. The lowest BCUT2D eigenvalue weighted by molar-refractivity contribution is -0.137. The van der Waals surface area contributed by atoms with E-state index in [4.69, 9.17) is 4.74 Å². The van der Waals surface area contributed by atoms with Crippen molar-refractivity contribution in [3.8, 4) is 11.1 Å². The van der Waals surface area contributed by atoms with E-state index in [2.05, 4.69) is 58.7 Å². The second-order valence-corrected chi connectivity index (χ2v) is 6.80. The van der Waals surface area contributed by atoms with Gasteiger partial charge in [0.15, 0.2) is 0 Å². The molecular weight excluding hydrogens is 336 g/mol. The van der Waals surface area contributed by atoms with Gasteiger partial charge in [-0.05, 0) is 35.6 Å². The maximum Gasteiger partial charge on any atom is 0.332 e. The molecule has 4 nitrogen and oxygen atoms in total. The average Bonchev–Trinajstić information content (AvgIpc) is 3.28. The van der Waals surface area contributed by atoms with Crippen molar-refractivity contribution >= 4 is 5.97 Å². The Balaban J connectivity index is 1.62. The summed E-state index contributed by atoms with van der Waals surface area (Å²) >= 11 is 0. The van der Waals surface area contributed by atoms with Gasteiger partial charge in [-0.15, -0.1) is 0 Å². The molecule has 1 N–H and O–H groups in total. The van der Waals surface area contributed by atoms with Crippen LogP contribution in [0.5, 0.6) is 0 Å². The van der Waals surface area contributed by atoms with Crippen LogP contribution in [0.2, 0.25) is 0 Å². The molecule has 2 aliphatic rings. The number of fused-ring (bicyclic) bond motifs is 1. The van der Waals surface area contributed by atoms with Crippen molar-refractivity contribution in [1.29, 1.82) is 0 Å². The molecule has 0 atom stereocenters. The summed E-state index contributed by atoms with van der Waals surface area (Å²) in [4.78, 5) is 14.1. The highest BCUT2D eigenvalue weighted by molar-refractivity contribution is 5.83. The fourth-order valence-electron chi connectivity index (χ4n) is 3.89. The number of nitrogens with one attached hydrogen (secondary N) is 1. The van der Waals surface area contributed by atoms with Gasteiger partial charge in [-0.3, -0.25) is 0 Å². The molecule has 1 fully saturated rings. The average molecular weight is 360 g/mol. The van der Waals surface area contributed by atoms with Gasteiger partial charge in [0, 0.05) is 31.3 Å². The van der Waals surface area contributed by atoms with Crippen LogP contribution >= 0.6 is 0 Å². The Morgan fingerprint density at radius 1 is 1.15 bits per heavy atom. The first-order valence-corrected chi connectivity index (χ1v) is 9.50. The molecule has 0 bridgehead atoms. The quantitative estimate of drug-likeness (QED) is 0.649. The maximum absolute atomic E-state index is 11.9. The largest absolute Gasteiger partial charge is 0.463 e. The number of hydrogen-bond donors (Lipinski definition) is 1. The molecule has 0 spiro atoms. The minimum atomic E-state index is -0.260. The zero-order chi connectivity index (χ0) is 18.6. The maximum atomic E-state index is 11.9. The number of nitrogens with zero attached hydrogens (tertiary/aromatic N) is 1. The van der Waals surface area contributed by atoms with Crippen LogP contribution in [0.15, 0.2) is 77.8 Å².